The van der Waals surface area contributed by atoms with E-state index in [4.69, 9.17) is 4.74 Å². The summed E-state index contributed by atoms with van der Waals surface area (Å²) in [4.78, 5) is 0. The molecule has 2 unspecified atom stereocenters. The molecule has 0 saturated heterocycles. The van der Waals surface area contributed by atoms with Gasteiger partial charge in [0, 0.05) is 6.04 Å². The van der Waals surface area contributed by atoms with Gasteiger partial charge in [-0.3, -0.25) is 0 Å². The van der Waals surface area contributed by atoms with E-state index in [1.807, 2.05) is 7.05 Å². The number of rotatable bonds is 3. The Kier molecular flexibility index (Phi) is 2.96. The van der Waals surface area contributed by atoms with E-state index in [9.17, 15) is 0 Å². The summed E-state index contributed by atoms with van der Waals surface area (Å²) in [6, 6.07) is 6.94. The largest absolute Gasteiger partial charge is 0.496 e. The maximum Gasteiger partial charge on any atom is 0.122 e. The summed E-state index contributed by atoms with van der Waals surface area (Å²) in [7, 11) is 3.78. The van der Waals surface area contributed by atoms with Crippen LogP contribution in [0, 0.1) is 0 Å². The van der Waals surface area contributed by atoms with Crippen molar-refractivity contribution in [1.82, 2.24) is 5.32 Å². The number of ether oxygens (including phenoxy) is 1. The number of fused-ring (bicyclic) bond motifs is 1. The summed E-state index contributed by atoms with van der Waals surface area (Å²) in [6.45, 7) is 2.25. The van der Waals surface area contributed by atoms with Crippen molar-refractivity contribution in [2.45, 2.75) is 31.7 Å². The second-order valence-electron chi connectivity index (χ2n) is 4.25. The van der Waals surface area contributed by atoms with Crippen LogP contribution in [0.3, 0.4) is 0 Å². The summed E-state index contributed by atoms with van der Waals surface area (Å²) in [5.74, 6) is 1.69. The molecule has 1 aromatic rings. The van der Waals surface area contributed by atoms with E-state index < -0.39 is 0 Å². The first kappa shape index (κ1) is 10.5. The Hall–Kier alpha value is -1.02. The van der Waals surface area contributed by atoms with Gasteiger partial charge in [0.1, 0.15) is 5.75 Å². The molecular weight excluding hydrogens is 186 g/mol. The van der Waals surface area contributed by atoms with Crippen molar-refractivity contribution in [1.29, 1.82) is 0 Å². The molecule has 0 amide bonds. The zero-order chi connectivity index (χ0) is 10.8. The van der Waals surface area contributed by atoms with E-state index in [0.717, 1.165) is 12.2 Å². The predicted octanol–water partition coefficient (Wildman–Crippen LogP) is 2.33. The zero-order valence-corrected chi connectivity index (χ0v) is 9.71. The van der Waals surface area contributed by atoms with E-state index in [1.165, 1.54) is 17.5 Å². The Labute approximate surface area is 91.6 Å². The summed E-state index contributed by atoms with van der Waals surface area (Å²) in [6.07, 6.45) is 2.38. The number of hydrogen-bond acceptors (Lipinski definition) is 2. The molecule has 1 aliphatic carbocycles. The second kappa shape index (κ2) is 4.23. The molecule has 2 heteroatoms. The highest BCUT2D eigenvalue weighted by Gasteiger charge is 2.28. The van der Waals surface area contributed by atoms with Crippen molar-refractivity contribution in [3.63, 3.8) is 0 Å². The lowest BCUT2D eigenvalue weighted by Gasteiger charge is -2.19. The Bertz CT molecular complexity index is 348. The van der Waals surface area contributed by atoms with Gasteiger partial charge in [-0.15, -0.1) is 0 Å². The van der Waals surface area contributed by atoms with Crippen molar-refractivity contribution in [2.24, 2.45) is 0 Å². The van der Waals surface area contributed by atoms with Gasteiger partial charge in [0.2, 0.25) is 0 Å². The average Bonchev–Trinajstić information content (AvgIpc) is 2.71. The smallest absolute Gasteiger partial charge is 0.122 e. The molecular formula is C13H19NO. The van der Waals surface area contributed by atoms with Gasteiger partial charge in [-0.25, -0.2) is 0 Å². The van der Waals surface area contributed by atoms with Crippen LogP contribution in [0.15, 0.2) is 18.2 Å². The monoisotopic (exact) mass is 205 g/mol. The van der Waals surface area contributed by atoms with Crippen molar-refractivity contribution >= 4 is 0 Å². The van der Waals surface area contributed by atoms with Crippen LogP contribution >= 0.6 is 0 Å². The van der Waals surface area contributed by atoms with Gasteiger partial charge in [-0.05, 0) is 49.9 Å². The Morgan fingerprint density at radius 2 is 2.27 bits per heavy atom. The van der Waals surface area contributed by atoms with Crippen molar-refractivity contribution in [2.75, 3.05) is 14.2 Å². The topological polar surface area (TPSA) is 21.3 Å². The third kappa shape index (κ3) is 1.74. The van der Waals surface area contributed by atoms with Gasteiger partial charge < -0.3 is 10.1 Å². The van der Waals surface area contributed by atoms with Crippen LogP contribution in [0.4, 0.5) is 0 Å². The maximum atomic E-state index is 5.40. The highest BCUT2D eigenvalue weighted by atomic mass is 16.5. The summed E-state index contributed by atoms with van der Waals surface area (Å²) in [5.41, 5.74) is 2.88. The first-order chi connectivity index (χ1) is 7.27. The van der Waals surface area contributed by atoms with E-state index >= 15 is 0 Å². The first-order valence-electron chi connectivity index (χ1n) is 5.61. The normalized spacial score (nSPS) is 21.1. The highest BCUT2D eigenvalue weighted by molar-refractivity contribution is 5.45. The summed E-state index contributed by atoms with van der Waals surface area (Å²) >= 11 is 0. The molecule has 0 spiro atoms. The molecule has 1 N–H and O–H groups in total. The van der Waals surface area contributed by atoms with Crippen molar-refractivity contribution < 1.29 is 4.74 Å². The van der Waals surface area contributed by atoms with Crippen LogP contribution in [0.25, 0.3) is 0 Å². The molecule has 1 aliphatic rings. The van der Waals surface area contributed by atoms with Gasteiger partial charge in [0.15, 0.2) is 0 Å². The Balaban J connectivity index is 2.35. The standard InChI is InChI=1S/C13H19NO/c1-9(14-2)10-7-8-12-11(10)5-4-6-13(12)15-3/h4-6,9-10,14H,7-8H2,1-3H3. The van der Waals surface area contributed by atoms with Crippen molar-refractivity contribution in [3.8, 4) is 5.75 Å². The fraction of sp³-hybridized carbons (Fsp3) is 0.538. The molecule has 82 valence electrons. The van der Waals surface area contributed by atoms with E-state index in [0.29, 0.717) is 12.0 Å². The highest BCUT2D eigenvalue weighted by Crippen LogP contribution is 2.39. The minimum absolute atomic E-state index is 0.540. The quantitative estimate of drug-likeness (QED) is 0.817. The number of likely N-dealkylation sites (N-methyl/N-ethyl adjacent to an activating group) is 1. The molecule has 2 atom stereocenters. The number of nitrogens with one attached hydrogen (secondary N) is 1. The average molecular weight is 205 g/mol. The third-order valence-corrected chi connectivity index (χ3v) is 3.55. The van der Waals surface area contributed by atoms with E-state index in [-0.39, 0.29) is 0 Å². The molecule has 0 aliphatic heterocycles. The van der Waals surface area contributed by atoms with E-state index in [2.05, 4.69) is 30.4 Å². The van der Waals surface area contributed by atoms with Crippen LogP contribution in [-0.4, -0.2) is 20.2 Å². The SMILES string of the molecule is CNC(C)C1CCc2c(OC)cccc21. The zero-order valence-electron chi connectivity index (χ0n) is 9.71. The number of benzene rings is 1. The Morgan fingerprint density at radius 3 is 2.93 bits per heavy atom. The lowest BCUT2D eigenvalue weighted by atomic mass is 9.94. The molecule has 1 aromatic carbocycles. The molecule has 0 heterocycles. The van der Waals surface area contributed by atoms with Gasteiger partial charge in [0.05, 0.1) is 7.11 Å². The van der Waals surface area contributed by atoms with Gasteiger partial charge in [-0.2, -0.15) is 0 Å². The minimum Gasteiger partial charge on any atom is -0.496 e. The lowest BCUT2D eigenvalue weighted by molar-refractivity contribution is 0.410. The third-order valence-electron chi connectivity index (χ3n) is 3.55. The second-order valence-corrected chi connectivity index (χ2v) is 4.25. The molecule has 2 rings (SSSR count). The molecule has 0 fully saturated rings. The fourth-order valence-electron chi connectivity index (χ4n) is 2.56. The number of methoxy groups -OCH3 is 1. The van der Waals surface area contributed by atoms with Crippen LogP contribution in [-0.2, 0) is 6.42 Å². The Morgan fingerprint density at radius 1 is 1.47 bits per heavy atom. The summed E-state index contributed by atoms with van der Waals surface area (Å²) in [5, 5.41) is 3.34. The lowest BCUT2D eigenvalue weighted by Crippen LogP contribution is -2.27. The van der Waals surface area contributed by atoms with Gasteiger partial charge >= 0.3 is 0 Å². The molecule has 0 bridgehead atoms. The fourth-order valence-corrected chi connectivity index (χ4v) is 2.56. The summed E-state index contributed by atoms with van der Waals surface area (Å²) < 4.78 is 5.40. The van der Waals surface area contributed by atoms with Gasteiger partial charge in [0.25, 0.3) is 0 Å². The van der Waals surface area contributed by atoms with Gasteiger partial charge in [-0.1, -0.05) is 12.1 Å². The molecule has 15 heavy (non-hydrogen) atoms. The van der Waals surface area contributed by atoms with Crippen LogP contribution in [0.5, 0.6) is 5.75 Å². The number of hydrogen-bond donors (Lipinski definition) is 1. The van der Waals surface area contributed by atoms with Crippen LogP contribution in [0.2, 0.25) is 0 Å². The minimum atomic E-state index is 0.540. The van der Waals surface area contributed by atoms with E-state index in [1.54, 1.807) is 7.11 Å². The van der Waals surface area contributed by atoms with Crippen LogP contribution < -0.4 is 10.1 Å². The van der Waals surface area contributed by atoms with Crippen LogP contribution in [0.1, 0.15) is 30.4 Å². The maximum absolute atomic E-state index is 5.40. The first-order valence-corrected chi connectivity index (χ1v) is 5.61. The molecule has 0 saturated carbocycles. The molecule has 0 radical (unpaired) electrons. The molecule has 2 nitrogen and oxygen atoms in total. The molecule has 0 aromatic heterocycles. The van der Waals surface area contributed by atoms with Crippen molar-refractivity contribution in [3.05, 3.63) is 29.3 Å². The predicted molar refractivity (Wildman–Crippen MR) is 62.6 cm³/mol.